The number of ether oxygens (including phenoxy) is 1. The molecule has 0 bridgehead atoms. The predicted molar refractivity (Wildman–Crippen MR) is 90.2 cm³/mol. The van der Waals surface area contributed by atoms with Crippen LogP contribution in [0, 0.1) is 0 Å². The molecular formula is C16H20N6O2. The summed E-state index contributed by atoms with van der Waals surface area (Å²) in [5.41, 5.74) is 0.584. The maximum atomic E-state index is 12.5. The highest BCUT2D eigenvalue weighted by atomic mass is 16.5. The maximum absolute atomic E-state index is 12.5. The largest absolute Gasteiger partial charge is 0.476 e. The summed E-state index contributed by atoms with van der Waals surface area (Å²) in [7, 11) is 0. The van der Waals surface area contributed by atoms with E-state index in [1.54, 1.807) is 41.8 Å². The molecule has 2 amide bonds. The number of hydrogen-bond donors (Lipinski definition) is 1. The van der Waals surface area contributed by atoms with Gasteiger partial charge in [0.1, 0.15) is 11.5 Å². The van der Waals surface area contributed by atoms with Crippen LogP contribution in [0.25, 0.3) is 0 Å². The molecule has 0 saturated carbocycles. The van der Waals surface area contributed by atoms with Gasteiger partial charge in [0, 0.05) is 44.8 Å². The summed E-state index contributed by atoms with van der Waals surface area (Å²) in [6, 6.07) is 3.40. The molecule has 1 aliphatic heterocycles. The number of piperazine rings is 1. The third-order valence-corrected chi connectivity index (χ3v) is 3.73. The highest BCUT2D eigenvalue weighted by Crippen LogP contribution is 2.21. The van der Waals surface area contributed by atoms with Gasteiger partial charge in [-0.25, -0.2) is 14.8 Å². The molecular weight excluding hydrogens is 308 g/mol. The van der Waals surface area contributed by atoms with E-state index in [2.05, 4.69) is 25.2 Å². The van der Waals surface area contributed by atoms with Crippen molar-refractivity contribution in [2.75, 3.05) is 43.0 Å². The van der Waals surface area contributed by atoms with Crippen LogP contribution in [0.5, 0.6) is 5.88 Å². The van der Waals surface area contributed by atoms with E-state index in [1.165, 1.54) is 0 Å². The molecule has 0 atom stereocenters. The molecule has 0 aliphatic carbocycles. The van der Waals surface area contributed by atoms with Crippen molar-refractivity contribution >= 4 is 17.5 Å². The molecule has 1 saturated heterocycles. The normalized spacial score (nSPS) is 14.4. The lowest BCUT2D eigenvalue weighted by Gasteiger charge is -2.35. The number of nitrogens with one attached hydrogen (secondary N) is 1. The Kier molecular flexibility index (Phi) is 5.05. The predicted octanol–water partition coefficient (Wildman–Crippen LogP) is 1.62. The summed E-state index contributed by atoms with van der Waals surface area (Å²) in [5.74, 6) is 1.27. The van der Waals surface area contributed by atoms with Crippen LogP contribution in [0.1, 0.15) is 6.92 Å². The fourth-order valence-electron chi connectivity index (χ4n) is 2.53. The number of anilines is 2. The van der Waals surface area contributed by atoms with Crippen molar-refractivity contribution in [1.82, 2.24) is 19.9 Å². The molecule has 8 nitrogen and oxygen atoms in total. The molecule has 2 aromatic heterocycles. The molecule has 1 fully saturated rings. The lowest BCUT2D eigenvalue weighted by Crippen LogP contribution is -2.50. The quantitative estimate of drug-likeness (QED) is 0.918. The SMILES string of the molecule is CCOc1ncccc1NC(=O)N1CCN(c2cnccn2)CC1. The van der Waals surface area contributed by atoms with E-state index in [0.717, 1.165) is 18.9 Å². The van der Waals surface area contributed by atoms with Crippen molar-refractivity contribution in [2.45, 2.75) is 6.92 Å². The summed E-state index contributed by atoms with van der Waals surface area (Å²) in [6.07, 6.45) is 6.70. The molecule has 0 unspecified atom stereocenters. The number of carbonyl (C=O) groups is 1. The summed E-state index contributed by atoms with van der Waals surface area (Å²) in [6.45, 7) is 5.05. The number of hydrogen-bond acceptors (Lipinski definition) is 6. The summed E-state index contributed by atoms with van der Waals surface area (Å²) in [4.78, 5) is 28.9. The van der Waals surface area contributed by atoms with Crippen LogP contribution in [0.15, 0.2) is 36.9 Å². The van der Waals surface area contributed by atoms with Crippen molar-refractivity contribution in [3.63, 3.8) is 0 Å². The van der Waals surface area contributed by atoms with Gasteiger partial charge in [-0.05, 0) is 19.1 Å². The highest BCUT2D eigenvalue weighted by Gasteiger charge is 2.22. The van der Waals surface area contributed by atoms with Crippen molar-refractivity contribution in [3.05, 3.63) is 36.9 Å². The Labute approximate surface area is 140 Å². The topological polar surface area (TPSA) is 83.5 Å². The number of rotatable bonds is 4. The van der Waals surface area contributed by atoms with Crippen LogP contribution in [-0.2, 0) is 0 Å². The van der Waals surface area contributed by atoms with Crippen LogP contribution in [0.4, 0.5) is 16.3 Å². The third kappa shape index (κ3) is 3.70. The molecule has 3 heterocycles. The van der Waals surface area contributed by atoms with Crippen molar-refractivity contribution in [3.8, 4) is 5.88 Å². The minimum Gasteiger partial charge on any atom is -0.476 e. The smallest absolute Gasteiger partial charge is 0.322 e. The van der Waals surface area contributed by atoms with Gasteiger partial charge in [-0.15, -0.1) is 0 Å². The van der Waals surface area contributed by atoms with Gasteiger partial charge in [0.25, 0.3) is 0 Å². The zero-order chi connectivity index (χ0) is 16.8. The van der Waals surface area contributed by atoms with Crippen LogP contribution >= 0.6 is 0 Å². The van der Waals surface area contributed by atoms with Crippen LogP contribution in [0.2, 0.25) is 0 Å². The third-order valence-electron chi connectivity index (χ3n) is 3.73. The molecule has 2 aromatic rings. The van der Waals surface area contributed by atoms with E-state index < -0.39 is 0 Å². The second-order valence-electron chi connectivity index (χ2n) is 5.26. The summed E-state index contributed by atoms with van der Waals surface area (Å²) >= 11 is 0. The van der Waals surface area contributed by atoms with Gasteiger partial charge in [-0.3, -0.25) is 4.98 Å². The minimum absolute atomic E-state index is 0.150. The Hall–Kier alpha value is -2.90. The lowest BCUT2D eigenvalue weighted by molar-refractivity contribution is 0.208. The van der Waals surface area contributed by atoms with Crippen LogP contribution in [-0.4, -0.2) is 58.7 Å². The average Bonchev–Trinajstić information content (AvgIpc) is 2.64. The van der Waals surface area contributed by atoms with Crippen molar-refractivity contribution in [2.24, 2.45) is 0 Å². The molecule has 0 spiro atoms. The van der Waals surface area contributed by atoms with Crippen molar-refractivity contribution in [1.29, 1.82) is 0 Å². The second-order valence-corrected chi connectivity index (χ2v) is 5.26. The zero-order valence-electron chi connectivity index (χ0n) is 13.6. The Balaban J connectivity index is 1.58. The number of carbonyl (C=O) groups excluding carboxylic acids is 1. The Bertz CT molecular complexity index is 673. The molecule has 126 valence electrons. The number of aromatic nitrogens is 3. The van der Waals surface area contributed by atoms with Gasteiger partial charge in [0.05, 0.1) is 12.8 Å². The first-order chi connectivity index (χ1) is 11.8. The molecule has 8 heteroatoms. The molecule has 3 rings (SSSR count). The molecule has 1 aliphatic rings. The first kappa shape index (κ1) is 16.0. The highest BCUT2D eigenvalue weighted by molar-refractivity contribution is 5.90. The first-order valence-electron chi connectivity index (χ1n) is 7.92. The zero-order valence-corrected chi connectivity index (χ0v) is 13.6. The van der Waals surface area contributed by atoms with E-state index in [-0.39, 0.29) is 6.03 Å². The summed E-state index contributed by atoms with van der Waals surface area (Å²) < 4.78 is 5.43. The Morgan fingerprint density at radius 3 is 2.75 bits per heavy atom. The number of amides is 2. The van der Waals surface area contributed by atoms with E-state index in [0.29, 0.717) is 31.3 Å². The van der Waals surface area contributed by atoms with E-state index in [1.807, 2.05) is 6.92 Å². The van der Waals surface area contributed by atoms with Gasteiger partial charge < -0.3 is 19.9 Å². The number of nitrogens with zero attached hydrogens (tertiary/aromatic N) is 5. The number of pyridine rings is 1. The Morgan fingerprint density at radius 2 is 2.04 bits per heavy atom. The summed E-state index contributed by atoms with van der Waals surface area (Å²) in [5, 5.41) is 2.87. The minimum atomic E-state index is -0.150. The second kappa shape index (κ2) is 7.58. The number of urea groups is 1. The van der Waals surface area contributed by atoms with E-state index in [4.69, 9.17) is 4.74 Å². The molecule has 1 N–H and O–H groups in total. The van der Waals surface area contributed by atoms with Crippen LogP contribution < -0.4 is 15.0 Å². The molecule has 0 radical (unpaired) electrons. The van der Waals surface area contributed by atoms with Gasteiger partial charge >= 0.3 is 6.03 Å². The van der Waals surface area contributed by atoms with Crippen molar-refractivity contribution < 1.29 is 9.53 Å². The Morgan fingerprint density at radius 1 is 1.21 bits per heavy atom. The van der Waals surface area contributed by atoms with Gasteiger partial charge in [0.2, 0.25) is 5.88 Å². The molecule has 24 heavy (non-hydrogen) atoms. The van der Waals surface area contributed by atoms with Crippen LogP contribution in [0.3, 0.4) is 0 Å². The standard InChI is InChI=1S/C16H20N6O2/c1-2-24-15-13(4-3-5-19-15)20-16(23)22-10-8-21(9-11-22)14-12-17-6-7-18-14/h3-7,12H,2,8-11H2,1H3,(H,20,23). The fourth-order valence-corrected chi connectivity index (χ4v) is 2.53. The van der Waals surface area contributed by atoms with Gasteiger partial charge in [-0.1, -0.05) is 0 Å². The van der Waals surface area contributed by atoms with E-state index >= 15 is 0 Å². The average molecular weight is 328 g/mol. The van der Waals surface area contributed by atoms with Gasteiger partial charge in [-0.2, -0.15) is 0 Å². The molecule has 0 aromatic carbocycles. The van der Waals surface area contributed by atoms with Gasteiger partial charge in [0.15, 0.2) is 0 Å². The fraction of sp³-hybridized carbons (Fsp3) is 0.375. The van der Waals surface area contributed by atoms with E-state index in [9.17, 15) is 4.79 Å². The first-order valence-corrected chi connectivity index (χ1v) is 7.92. The maximum Gasteiger partial charge on any atom is 0.322 e. The lowest BCUT2D eigenvalue weighted by atomic mass is 10.3. The monoisotopic (exact) mass is 328 g/mol.